The minimum Gasteiger partial charge on any atom is -0.494 e. The summed E-state index contributed by atoms with van der Waals surface area (Å²) >= 11 is 0. The molecule has 3 rings (SSSR count). The van der Waals surface area contributed by atoms with Gasteiger partial charge < -0.3 is 14.6 Å². The molecule has 0 saturated carbocycles. The molecular weight excluding hydrogens is 376 g/mol. The largest absolute Gasteiger partial charge is 0.494 e. The third-order valence-corrected chi connectivity index (χ3v) is 4.01. The van der Waals surface area contributed by atoms with E-state index in [0.717, 1.165) is 24.4 Å². The Bertz CT molecular complexity index is 1080. The number of ether oxygens (including phenoxy) is 1. The average Bonchev–Trinajstić information content (AvgIpc) is 2.60. The van der Waals surface area contributed by atoms with Crippen LogP contribution in [0.15, 0.2) is 36.5 Å². The van der Waals surface area contributed by atoms with Crippen LogP contribution in [0.5, 0.6) is 5.75 Å². The van der Waals surface area contributed by atoms with Gasteiger partial charge >= 0.3 is 0 Å². The van der Waals surface area contributed by atoms with Crippen molar-refractivity contribution < 1.29 is 22.3 Å². The summed E-state index contributed by atoms with van der Waals surface area (Å²) in [4.78, 5) is 3.85. The van der Waals surface area contributed by atoms with E-state index in [1.165, 1.54) is 23.8 Å². The highest BCUT2D eigenvalue weighted by atomic mass is 19.1. The van der Waals surface area contributed by atoms with E-state index < -0.39 is 28.8 Å². The first-order valence-electron chi connectivity index (χ1n) is 8.14. The fraction of sp³-hybridized carbons (Fsp3) is 0.158. The lowest BCUT2D eigenvalue weighted by Gasteiger charge is -2.17. The summed E-state index contributed by atoms with van der Waals surface area (Å²) in [7, 11) is 1.31. The molecule has 0 saturated heterocycles. The fourth-order valence-electron chi connectivity index (χ4n) is 2.67. The van der Waals surface area contributed by atoms with E-state index in [-0.39, 0.29) is 23.8 Å². The number of halogens is 4. The third kappa shape index (κ3) is 4.13. The Hall–Kier alpha value is -3.36. The molecule has 0 unspecified atom stereocenters. The normalized spacial score (nSPS) is 10.8. The molecule has 0 aliphatic heterocycles. The zero-order chi connectivity index (χ0) is 20.4. The number of rotatable bonds is 5. The third-order valence-electron chi connectivity index (χ3n) is 4.01. The number of hydrogen-bond donors (Lipinski definition) is 2. The number of aryl methyl sites for hydroxylation is 1. The van der Waals surface area contributed by atoms with E-state index in [0.29, 0.717) is 11.3 Å². The van der Waals surface area contributed by atoms with Crippen LogP contribution in [0.25, 0.3) is 0 Å². The highest BCUT2D eigenvalue weighted by Crippen LogP contribution is 2.27. The van der Waals surface area contributed by atoms with Crippen molar-refractivity contribution in [1.82, 2.24) is 9.55 Å². The van der Waals surface area contributed by atoms with Crippen LogP contribution in [0, 0.1) is 35.6 Å². The van der Waals surface area contributed by atoms with Crippen molar-refractivity contribution in [3.8, 4) is 5.75 Å². The van der Waals surface area contributed by atoms with Gasteiger partial charge in [0, 0.05) is 24.0 Å². The molecule has 0 spiro atoms. The number of methoxy groups -OCH3 is 1. The highest BCUT2D eigenvalue weighted by molar-refractivity contribution is 5.61. The lowest BCUT2D eigenvalue weighted by atomic mass is 10.2. The summed E-state index contributed by atoms with van der Waals surface area (Å²) in [5, 5.41) is 10.5. The van der Waals surface area contributed by atoms with Gasteiger partial charge in [0.25, 0.3) is 0 Å². The summed E-state index contributed by atoms with van der Waals surface area (Å²) in [5.41, 5.74) is 0.545. The van der Waals surface area contributed by atoms with Gasteiger partial charge in [-0.25, -0.2) is 17.6 Å². The average molecular weight is 392 g/mol. The topological polar surface area (TPSA) is 62.9 Å². The summed E-state index contributed by atoms with van der Waals surface area (Å²) in [5.74, 6) is -2.98. The second-order valence-electron chi connectivity index (χ2n) is 6.09. The van der Waals surface area contributed by atoms with Gasteiger partial charge in [0.05, 0.1) is 13.7 Å². The molecule has 1 heterocycles. The van der Waals surface area contributed by atoms with Gasteiger partial charge in [-0.2, -0.15) is 4.98 Å². The zero-order valence-electron chi connectivity index (χ0n) is 15.0. The molecule has 2 aromatic carbocycles. The molecule has 0 bridgehead atoms. The fourth-order valence-corrected chi connectivity index (χ4v) is 2.67. The minimum absolute atomic E-state index is 0.0138. The van der Waals surface area contributed by atoms with Crippen molar-refractivity contribution in [3.05, 3.63) is 76.4 Å². The first kappa shape index (κ1) is 19.4. The summed E-state index contributed by atoms with van der Waals surface area (Å²) in [6.45, 7) is 1.53. The van der Waals surface area contributed by atoms with Gasteiger partial charge in [0.2, 0.25) is 5.95 Å². The van der Waals surface area contributed by atoms with Crippen LogP contribution in [0.3, 0.4) is 0 Å². The van der Waals surface area contributed by atoms with E-state index in [2.05, 4.69) is 10.3 Å². The molecule has 0 aliphatic carbocycles. The van der Waals surface area contributed by atoms with E-state index >= 15 is 0 Å². The Morgan fingerprint density at radius 2 is 1.71 bits per heavy atom. The molecule has 5 nitrogen and oxygen atoms in total. The monoisotopic (exact) mass is 392 g/mol. The highest BCUT2D eigenvalue weighted by Gasteiger charge is 2.13. The predicted octanol–water partition coefficient (Wildman–Crippen LogP) is 4.03. The van der Waals surface area contributed by atoms with Gasteiger partial charge in [0.1, 0.15) is 11.6 Å². The van der Waals surface area contributed by atoms with Crippen LogP contribution in [0.2, 0.25) is 0 Å². The van der Waals surface area contributed by atoms with Gasteiger partial charge in [0.15, 0.2) is 22.9 Å². The molecule has 146 valence electrons. The molecule has 2 N–H and O–H groups in total. The lowest BCUT2D eigenvalue weighted by Crippen LogP contribution is -2.20. The Balaban J connectivity index is 2.04. The van der Waals surface area contributed by atoms with Gasteiger partial charge in [-0.15, -0.1) is 0 Å². The Labute approximate surface area is 157 Å². The van der Waals surface area contributed by atoms with E-state index in [4.69, 9.17) is 10.1 Å². The van der Waals surface area contributed by atoms with Crippen molar-refractivity contribution in [2.45, 2.75) is 13.5 Å². The first-order chi connectivity index (χ1) is 13.3. The first-order valence-corrected chi connectivity index (χ1v) is 8.14. The van der Waals surface area contributed by atoms with Crippen LogP contribution in [-0.4, -0.2) is 16.7 Å². The zero-order valence-corrected chi connectivity index (χ0v) is 15.0. The van der Waals surface area contributed by atoms with Crippen molar-refractivity contribution in [2.24, 2.45) is 0 Å². The predicted molar refractivity (Wildman–Crippen MR) is 94.5 cm³/mol. The Kier molecular flexibility index (Phi) is 5.34. The molecule has 3 aromatic rings. The summed E-state index contributed by atoms with van der Waals surface area (Å²) < 4.78 is 60.8. The lowest BCUT2D eigenvalue weighted by molar-refractivity contribution is 0.386. The van der Waals surface area contributed by atoms with E-state index in [1.807, 2.05) is 0 Å². The SMILES string of the molecule is COc1cc(Nc2nc(=N)c(F)cn2Cc2cc(F)cc(F)c2)c(C)cc1F. The maximum Gasteiger partial charge on any atom is 0.209 e. The van der Waals surface area contributed by atoms with Gasteiger partial charge in [-0.05, 0) is 36.2 Å². The van der Waals surface area contributed by atoms with Crippen molar-refractivity contribution >= 4 is 11.6 Å². The molecule has 0 radical (unpaired) electrons. The Morgan fingerprint density at radius 1 is 1.04 bits per heavy atom. The molecule has 0 atom stereocenters. The van der Waals surface area contributed by atoms with Crippen molar-refractivity contribution in [1.29, 1.82) is 5.41 Å². The molecule has 0 aliphatic rings. The summed E-state index contributed by atoms with van der Waals surface area (Å²) in [6, 6.07) is 5.59. The van der Waals surface area contributed by atoms with Crippen molar-refractivity contribution in [3.63, 3.8) is 0 Å². The van der Waals surface area contributed by atoms with Gasteiger partial charge in [-0.1, -0.05) is 0 Å². The molecule has 0 fully saturated rings. The van der Waals surface area contributed by atoms with Crippen molar-refractivity contribution in [2.75, 3.05) is 12.4 Å². The van der Waals surface area contributed by atoms with Crippen LogP contribution in [0.4, 0.5) is 29.2 Å². The second-order valence-corrected chi connectivity index (χ2v) is 6.09. The second kappa shape index (κ2) is 7.71. The minimum atomic E-state index is -0.907. The summed E-state index contributed by atoms with van der Waals surface area (Å²) in [6.07, 6.45) is 0.997. The number of benzene rings is 2. The number of hydrogen-bond acceptors (Lipinski definition) is 4. The molecular formula is C19H16F4N4O. The van der Waals surface area contributed by atoms with Crippen LogP contribution in [-0.2, 0) is 6.54 Å². The molecule has 0 amide bonds. The van der Waals surface area contributed by atoms with E-state index in [9.17, 15) is 17.6 Å². The van der Waals surface area contributed by atoms with Gasteiger partial charge in [-0.3, -0.25) is 5.41 Å². The Morgan fingerprint density at radius 3 is 2.36 bits per heavy atom. The van der Waals surface area contributed by atoms with Crippen LogP contribution >= 0.6 is 0 Å². The molecule has 9 heteroatoms. The number of anilines is 2. The standard InChI is InChI=1S/C19H16F4N4O/c1-10-3-14(22)17(28-2)7-16(10)25-19-26-18(24)15(23)9-27(19)8-11-4-12(20)6-13(21)5-11/h3-7,9H,8H2,1-2H3,(H2,24,25,26). The number of nitrogens with one attached hydrogen (secondary N) is 2. The maximum atomic E-state index is 13.9. The van der Waals surface area contributed by atoms with Crippen LogP contribution in [0.1, 0.15) is 11.1 Å². The molecule has 1 aromatic heterocycles. The number of nitrogens with zero attached hydrogens (tertiary/aromatic N) is 2. The molecule has 28 heavy (non-hydrogen) atoms. The smallest absolute Gasteiger partial charge is 0.209 e. The quantitative estimate of drug-likeness (QED) is 0.645. The van der Waals surface area contributed by atoms with Crippen LogP contribution < -0.4 is 15.5 Å². The number of aromatic nitrogens is 2. The van der Waals surface area contributed by atoms with E-state index in [1.54, 1.807) is 6.92 Å². The maximum absolute atomic E-state index is 13.9.